The number of ether oxygens (including phenoxy) is 1. The third kappa shape index (κ3) is 3.11. The first-order valence-electron chi connectivity index (χ1n) is 8.67. The van der Waals surface area contributed by atoms with Gasteiger partial charge in [0.15, 0.2) is 0 Å². The van der Waals surface area contributed by atoms with Crippen LogP contribution in [0.5, 0.6) is 5.75 Å². The van der Waals surface area contributed by atoms with Crippen molar-refractivity contribution in [2.24, 2.45) is 5.41 Å². The van der Waals surface area contributed by atoms with Gasteiger partial charge in [-0.1, -0.05) is 32.9 Å². The molecular weight excluding hydrogens is 258 g/mol. The summed E-state index contributed by atoms with van der Waals surface area (Å²) in [6.45, 7) is 10.9. The van der Waals surface area contributed by atoms with E-state index in [1.165, 1.54) is 31.2 Å². The Morgan fingerprint density at radius 1 is 1.10 bits per heavy atom. The lowest BCUT2D eigenvalue weighted by atomic mass is 9.52. The number of nitrogens with one attached hydrogen (secondary N) is 1. The Morgan fingerprint density at radius 3 is 2.29 bits per heavy atom. The van der Waals surface area contributed by atoms with Gasteiger partial charge in [0.1, 0.15) is 5.75 Å². The molecule has 0 spiro atoms. The molecule has 118 valence electrons. The zero-order valence-corrected chi connectivity index (χ0v) is 14.1. The van der Waals surface area contributed by atoms with Crippen molar-refractivity contribution in [3.8, 4) is 5.75 Å². The molecule has 1 aliphatic rings. The second-order valence-electron chi connectivity index (χ2n) is 6.24. The van der Waals surface area contributed by atoms with E-state index >= 15 is 0 Å². The number of hydrogen-bond donors (Lipinski definition) is 1. The van der Waals surface area contributed by atoms with E-state index in [0.717, 1.165) is 18.9 Å². The van der Waals surface area contributed by atoms with Gasteiger partial charge in [-0.05, 0) is 68.2 Å². The average molecular weight is 289 g/mol. The molecule has 0 heterocycles. The van der Waals surface area contributed by atoms with Crippen LogP contribution in [-0.2, 0) is 0 Å². The van der Waals surface area contributed by atoms with E-state index in [0.29, 0.717) is 17.4 Å². The lowest BCUT2D eigenvalue weighted by Gasteiger charge is -2.57. The van der Waals surface area contributed by atoms with Crippen LogP contribution in [0.3, 0.4) is 0 Å². The van der Waals surface area contributed by atoms with Gasteiger partial charge in [0, 0.05) is 6.04 Å². The van der Waals surface area contributed by atoms with Crippen molar-refractivity contribution in [1.29, 1.82) is 0 Å². The Labute approximate surface area is 130 Å². The van der Waals surface area contributed by atoms with Gasteiger partial charge in [0.2, 0.25) is 0 Å². The minimum atomic E-state index is 0.433. The first kappa shape index (κ1) is 16.4. The number of hydrogen-bond acceptors (Lipinski definition) is 2. The highest BCUT2D eigenvalue weighted by Crippen LogP contribution is 2.57. The van der Waals surface area contributed by atoms with E-state index in [-0.39, 0.29) is 0 Å². The minimum absolute atomic E-state index is 0.433. The Hall–Kier alpha value is -1.02. The molecule has 0 aromatic heterocycles. The van der Waals surface area contributed by atoms with E-state index in [1.54, 1.807) is 0 Å². The third-order valence-electron chi connectivity index (χ3n) is 5.41. The van der Waals surface area contributed by atoms with Crippen LogP contribution < -0.4 is 10.1 Å². The Balaban J connectivity index is 2.12. The second-order valence-corrected chi connectivity index (χ2v) is 6.24. The maximum Gasteiger partial charge on any atom is 0.119 e. The van der Waals surface area contributed by atoms with Crippen molar-refractivity contribution in [3.63, 3.8) is 0 Å². The molecule has 21 heavy (non-hydrogen) atoms. The molecule has 2 rings (SSSR count). The first-order chi connectivity index (χ1) is 10.2. The number of benzene rings is 1. The molecule has 2 unspecified atom stereocenters. The average Bonchev–Trinajstić information content (AvgIpc) is 2.50. The minimum Gasteiger partial charge on any atom is -0.494 e. The molecule has 0 aliphatic heterocycles. The van der Waals surface area contributed by atoms with Crippen LogP contribution >= 0.6 is 0 Å². The summed E-state index contributed by atoms with van der Waals surface area (Å²) in [4.78, 5) is 0. The van der Waals surface area contributed by atoms with Gasteiger partial charge in [0.25, 0.3) is 0 Å². The standard InChI is InChI=1S/C19H31NO/c1-5-13-20-18-14-17(19(18,6-2)7-3)15-9-11-16(12-10-15)21-8-4/h9-12,17-18,20H,5-8,13-14H2,1-4H3. The smallest absolute Gasteiger partial charge is 0.119 e. The van der Waals surface area contributed by atoms with Crippen molar-refractivity contribution in [1.82, 2.24) is 5.32 Å². The molecule has 1 saturated carbocycles. The number of rotatable bonds is 8. The highest BCUT2D eigenvalue weighted by atomic mass is 16.5. The Bertz CT molecular complexity index is 422. The Morgan fingerprint density at radius 2 is 1.76 bits per heavy atom. The van der Waals surface area contributed by atoms with Crippen molar-refractivity contribution in [2.75, 3.05) is 13.2 Å². The summed E-state index contributed by atoms with van der Waals surface area (Å²) in [5.41, 5.74) is 1.92. The maximum absolute atomic E-state index is 5.56. The lowest BCUT2D eigenvalue weighted by molar-refractivity contribution is 0.0201. The van der Waals surface area contributed by atoms with Crippen LogP contribution in [0.25, 0.3) is 0 Å². The van der Waals surface area contributed by atoms with Gasteiger partial charge in [-0.2, -0.15) is 0 Å². The molecule has 0 radical (unpaired) electrons. The van der Waals surface area contributed by atoms with Crippen molar-refractivity contribution >= 4 is 0 Å². The molecule has 1 N–H and O–H groups in total. The fraction of sp³-hybridized carbons (Fsp3) is 0.684. The first-order valence-corrected chi connectivity index (χ1v) is 8.67. The van der Waals surface area contributed by atoms with Crippen LogP contribution in [0.4, 0.5) is 0 Å². The van der Waals surface area contributed by atoms with Crippen LogP contribution in [0.2, 0.25) is 0 Å². The van der Waals surface area contributed by atoms with Gasteiger partial charge in [-0.3, -0.25) is 0 Å². The highest BCUT2D eigenvalue weighted by Gasteiger charge is 2.52. The van der Waals surface area contributed by atoms with E-state index in [1.807, 2.05) is 6.92 Å². The SMILES string of the molecule is CCCNC1CC(c2ccc(OCC)cc2)C1(CC)CC. The van der Waals surface area contributed by atoms with E-state index in [2.05, 4.69) is 50.4 Å². The predicted octanol–water partition coefficient (Wildman–Crippen LogP) is 4.75. The summed E-state index contributed by atoms with van der Waals surface area (Å²) in [6.07, 6.45) is 4.99. The fourth-order valence-corrected chi connectivity index (χ4v) is 4.06. The molecule has 1 aromatic carbocycles. The summed E-state index contributed by atoms with van der Waals surface area (Å²) >= 11 is 0. The van der Waals surface area contributed by atoms with Crippen LogP contribution in [0, 0.1) is 5.41 Å². The fourth-order valence-electron chi connectivity index (χ4n) is 4.06. The summed E-state index contributed by atoms with van der Waals surface area (Å²) in [6, 6.07) is 9.48. The van der Waals surface area contributed by atoms with E-state index < -0.39 is 0 Å². The highest BCUT2D eigenvalue weighted by molar-refractivity contribution is 5.33. The molecule has 2 nitrogen and oxygen atoms in total. The molecule has 0 amide bonds. The zero-order valence-electron chi connectivity index (χ0n) is 14.1. The zero-order chi connectivity index (χ0) is 15.3. The van der Waals surface area contributed by atoms with Gasteiger partial charge in [-0.15, -0.1) is 0 Å². The predicted molar refractivity (Wildman–Crippen MR) is 90.1 cm³/mol. The maximum atomic E-state index is 5.56. The summed E-state index contributed by atoms with van der Waals surface area (Å²) in [5, 5.41) is 3.77. The summed E-state index contributed by atoms with van der Waals surface area (Å²) in [7, 11) is 0. The summed E-state index contributed by atoms with van der Waals surface area (Å²) in [5.74, 6) is 1.68. The molecule has 0 saturated heterocycles. The van der Waals surface area contributed by atoms with Gasteiger partial charge in [0.05, 0.1) is 6.61 Å². The third-order valence-corrected chi connectivity index (χ3v) is 5.41. The van der Waals surface area contributed by atoms with Crippen LogP contribution in [0.1, 0.15) is 64.9 Å². The van der Waals surface area contributed by atoms with Gasteiger partial charge in [-0.25, -0.2) is 0 Å². The largest absolute Gasteiger partial charge is 0.494 e. The van der Waals surface area contributed by atoms with Crippen LogP contribution in [0.15, 0.2) is 24.3 Å². The molecule has 2 atom stereocenters. The topological polar surface area (TPSA) is 21.3 Å². The lowest BCUT2D eigenvalue weighted by Crippen LogP contribution is -2.58. The monoisotopic (exact) mass is 289 g/mol. The second kappa shape index (κ2) is 7.31. The Kier molecular flexibility index (Phi) is 5.69. The molecular formula is C19H31NO. The molecule has 2 heteroatoms. The van der Waals surface area contributed by atoms with Gasteiger partial charge >= 0.3 is 0 Å². The molecule has 1 fully saturated rings. The van der Waals surface area contributed by atoms with Gasteiger partial charge < -0.3 is 10.1 Å². The van der Waals surface area contributed by atoms with Crippen molar-refractivity contribution in [2.45, 2.75) is 65.3 Å². The van der Waals surface area contributed by atoms with Crippen molar-refractivity contribution < 1.29 is 4.74 Å². The molecule has 1 aliphatic carbocycles. The normalized spacial score (nSPS) is 23.6. The quantitative estimate of drug-likeness (QED) is 0.746. The van der Waals surface area contributed by atoms with Crippen LogP contribution in [-0.4, -0.2) is 19.2 Å². The summed E-state index contributed by atoms with van der Waals surface area (Å²) < 4.78 is 5.56. The van der Waals surface area contributed by atoms with E-state index in [9.17, 15) is 0 Å². The van der Waals surface area contributed by atoms with Crippen molar-refractivity contribution in [3.05, 3.63) is 29.8 Å². The molecule has 1 aromatic rings. The van der Waals surface area contributed by atoms with E-state index in [4.69, 9.17) is 4.74 Å². The molecule has 0 bridgehead atoms.